The first-order valence-corrected chi connectivity index (χ1v) is 11.3. The van der Waals surface area contributed by atoms with Crippen LogP contribution in [0.2, 0.25) is 0 Å². The molecular weight excluding hydrogens is 378 g/mol. The summed E-state index contributed by atoms with van der Waals surface area (Å²) in [4.78, 5) is 16.9. The number of carbonyl (C=O) groups is 1. The molecule has 1 aromatic heterocycles. The molecule has 0 N–H and O–H groups in total. The summed E-state index contributed by atoms with van der Waals surface area (Å²) in [5.41, 5.74) is 0.531. The van der Waals surface area contributed by atoms with E-state index in [4.69, 9.17) is 4.42 Å². The molecule has 2 saturated heterocycles. The largest absolute Gasteiger partial charge is 0.451 e. The zero-order chi connectivity index (χ0) is 19.9. The fourth-order valence-electron chi connectivity index (χ4n) is 3.83. The Kier molecular flexibility index (Phi) is 5.20. The second-order valence-corrected chi connectivity index (χ2v) is 9.93. The maximum Gasteiger partial charge on any atom is 0.289 e. The molecule has 0 atom stereocenters. The van der Waals surface area contributed by atoms with Crippen LogP contribution in [0.25, 0.3) is 11.0 Å². The summed E-state index contributed by atoms with van der Waals surface area (Å²) in [6, 6.07) is 6.50. The lowest BCUT2D eigenvalue weighted by molar-refractivity contribution is 0.0635. The number of rotatable bonds is 3. The average molecular weight is 406 g/mol. The van der Waals surface area contributed by atoms with Crippen LogP contribution in [0.3, 0.4) is 0 Å². The van der Waals surface area contributed by atoms with Crippen LogP contribution in [-0.4, -0.2) is 74.7 Å². The van der Waals surface area contributed by atoms with Gasteiger partial charge in [-0.2, -0.15) is 4.31 Å². The van der Waals surface area contributed by atoms with E-state index in [1.807, 2.05) is 7.05 Å². The summed E-state index contributed by atoms with van der Waals surface area (Å²) < 4.78 is 33.2. The second kappa shape index (κ2) is 7.50. The first-order valence-electron chi connectivity index (χ1n) is 9.86. The predicted molar refractivity (Wildman–Crippen MR) is 107 cm³/mol. The Bertz CT molecular complexity index is 968. The van der Waals surface area contributed by atoms with Crippen LogP contribution in [0.5, 0.6) is 0 Å². The van der Waals surface area contributed by atoms with E-state index in [1.165, 1.54) is 0 Å². The van der Waals surface area contributed by atoms with Crippen molar-refractivity contribution >= 4 is 26.9 Å². The summed E-state index contributed by atoms with van der Waals surface area (Å²) >= 11 is 0. The molecule has 2 aliphatic rings. The molecule has 2 fully saturated rings. The number of sulfonamides is 1. The van der Waals surface area contributed by atoms with Gasteiger partial charge in [-0.3, -0.25) is 4.79 Å². The molecule has 1 aromatic carbocycles. The third-order valence-electron chi connectivity index (χ3n) is 5.87. The van der Waals surface area contributed by atoms with E-state index in [0.29, 0.717) is 43.1 Å². The third-order valence-corrected chi connectivity index (χ3v) is 7.76. The Morgan fingerprint density at radius 1 is 1.04 bits per heavy atom. The van der Waals surface area contributed by atoms with Gasteiger partial charge in [0.25, 0.3) is 5.91 Å². The SMILES string of the molecule is CC1CCN(S(=O)(=O)c2ccc3oc(C(=O)N4CCN(C)CC4)cc3c2)CC1. The summed E-state index contributed by atoms with van der Waals surface area (Å²) in [6.07, 6.45) is 1.77. The Hall–Kier alpha value is -1.90. The summed E-state index contributed by atoms with van der Waals surface area (Å²) in [5.74, 6) is 0.686. The van der Waals surface area contributed by atoms with Gasteiger partial charge in [0.1, 0.15) is 5.58 Å². The van der Waals surface area contributed by atoms with Crippen LogP contribution in [-0.2, 0) is 10.0 Å². The fourth-order valence-corrected chi connectivity index (χ4v) is 5.33. The van der Waals surface area contributed by atoms with Gasteiger partial charge in [0.15, 0.2) is 5.76 Å². The van der Waals surface area contributed by atoms with Crippen molar-refractivity contribution in [3.8, 4) is 0 Å². The monoisotopic (exact) mass is 405 g/mol. The smallest absolute Gasteiger partial charge is 0.289 e. The topological polar surface area (TPSA) is 74.1 Å². The summed E-state index contributed by atoms with van der Waals surface area (Å²) in [5, 5.41) is 0.643. The fraction of sp³-hybridized carbons (Fsp3) is 0.550. The highest BCUT2D eigenvalue weighted by Crippen LogP contribution is 2.28. The molecule has 2 aromatic rings. The number of piperidine rings is 1. The number of carbonyl (C=O) groups excluding carboxylic acids is 1. The standard InChI is InChI=1S/C20H27N3O4S/c1-15-5-7-23(8-6-15)28(25,26)17-3-4-18-16(13-17)14-19(27-18)20(24)22-11-9-21(2)10-12-22/h3-4,13-15H,5-12H2,1-2H3. The van der Waals surface area contributed by atoms with Crippen LogP contribution < -0.4 is 0 Å². The van der Waals surface area contributed by atoms with E-state index in [9.17, 15) is 13.2 Å². The lowest BCUT2D eigenvalue weighted by Crippen LogP contribution is -2.47. The third kappa shape index (κ3) is 3.68. The van der Waals surface area contributed by atoms with Gasteiger partial charge in [0.2, 0.25) is 10.0 Å². The Morgan fingerprint density at radius 3 is 2.39 bits per heavy atom. The van der Waals surface area contributed by atoms with Crippen molar-refractivity contribution in [1.29, 1.82) is 0 Å². The van der Waals surface area contributed by atoms with Crippen LogP contribution in [0.4, 0.5) is 0 Å². The molecule has 0 saturated carbocycles. The summed E-state index contributed by atoms with van der Waals surface area (Å²) in [7, 11) is -1.49. The number of nitrogens with zero attached hydrogens (tertiary/aromatic N) is 3. The van der Waals surface area contributed by atoms with Gasteiger partial charge in [-0.15, -0.1) is 0 Å². The van der Waals surface area contributed by atoms with E-state index in [0.717, 1.165) is 25.9 Å². The van der Waals surface area contributed by atoms with Gasteiger partial charge in [-0.25, -0.2) is 8.42 Å². The molecule has 28 heavy (non-hydrogen) atoms. The maximum atomic E-state index is 13.0. The summed E-state index contributed by atoms with van der Waals surface area (Å²) in [6.45, 7) is 6.27. The van der Waals surface area contributed by atoms with Crippen LogP contribution in [0.15, 0.2) is 33.6 Å². The van der Waals surface area contributed by atoms with E-state index in [1.54, 1.807) is 33.5 Å². The molecular formula is C20H27N3O4S. The highest BCUT2D eigenvalue weighted by Gasteiger charge is 2.29. The van der Waals surface area contributed by atoms with Crippen molar-refractivity contribution in [2.24, 2.45) is 5.92 Å². The number of benzene rings is 1. The quantitative estimate of drug-likeness (QED) is 0.783. The molecule has 4 rings (SSSR count). The first-order chi connectivity index (χ1) is 13.3. The van der Waals surface area contributed by atoms with E-state index in [2.05, 4.69) is 11.8 Å². The highest BCUT2D eigenvalue weighted by atomic mass is 32.2. The molecule has 3 heterocycles. The second-order valence-electron chi connectivity index (χ2n) is 7.99. The lowest BCUT2D eigenvalue weighted by atomic mass is 10.0. The molecule has 2 aliphatic heterocycles. The van der Waals surface area contributed by atoms with Crippen molar-refractivity contribution in [2.75, 3.05) is 46.3 Å². The number of piperazine rings is 1. The van der Waals surface area contributed by atoms with Crippen molar-refractivity contribution in [1.82, 2.24) is 14.1 Å². The molecule has 0 unspecified atom stereocenters. The Morgan fingerprint density at radius 2 is 1.71 bits per heavy atom. The maximum absolute atomic E-state index is 13.0. The average Bonchev–Trinajstić information content (AvgIpc) is 3.12. The van der Waals surface area contributed by atoms with Crippen molar-refractivity contribution < 1.29 is 17.6 Å². The van der Waals surface area contributed by atoms with Gasteiger partial charge in [-0.1, -0.05) is 6.92 Å². The number of likely N-dealkylation sites (N-methyl/N-ethyl adjacent to an activating group) is 1. The van der Waals surface area contributed by atoms with Crippen LogP contribution >= 0.6 is 0 Å². The molecule has 8 heteroatoms. The van der Waals surface area contributed by atoms with Gasteiger partial charge >= 0.3 is 0 Å². The molecule has 0 radical (unpaired) electrons. The number of hydrogen-bond donors (Lipinski definition) is 0. The zero-order valence-corrected chi connectivity index (χ0v) is 17.2. The molecule has 0 spiro atoms. The molecule has 0 aliphatic carbocycles. The molecule has 1 amide bonds. The minimum atomic E-state index is -3.52. The van der Waals surface area contributed by atoms with Crippen molar-refractivity contribution in [3.05, 3.63) is 30.0 Å². The highest BCUT2D eigenvalue weighted by molar-refractivity contribution is 7.89. The van der Waals surface area contributed by atoms with Crippen molar-refractivity contribution in [2.45, 2.75) is 24.7 Å². The van der Waals surface area contributed by atoms with E-state index in [-0.39, 0.29) is 16.6 Å². The van der Waals surface area contributed by atoms with Gasteiger partial charge < -0.3 is 14.2 Å². The number of fused-ring (bicyclic) bond motifs is 1. The molecule has 7 nitrogen and oxygen atoms in total. The number of furan rings is 1. The van der Waals surface area contributed by atoms with E-state index >= 15 is 0 Å². The van der Waals surface area contributed by atoms with Gasteiger partial charge in [0.05, 0.1) is 4.90 Å². The van der Waals surface area contributed by atoms with Crippen molar-refractivity contribution in [3.63, 3.8) is 0 Å². The number of amides is 1. The Labute approximate surface area is 165 Å². The van der Waals surface area contributed by atoms with Crippen LogP contribution in [0, 0.1) is 5.92 Å². The lowest BCUT2D eigenvalue weighted by Gasteiger charge is -2.31. The van der Waals surface area contributed by atoms with Gasteiger partial charge in [-0.05, 0) is 50.1 Å². The minimum Gasteiger partial charge on any atom is -0.451 e. The molecule has 152 valence electrons. The van der Waals surface area contributed by atoms with Gasteiger partial charge in [0, 0.05) is 44.7 Å². The van der Waals surface area contributed by atoms with E-state index < -0.39 is 10.0 Å². The predicted octanol–water partition coefficient (Wildman–Crippen LogP) is 2.24. The first kappa shape index (κ1) is 19.4. The minimum absolute atomic E-state index is 0.140. The molecule has 0 bridgehead atoms. The normalized spacial score (nSPS) is 20.7. The zero-order valence-electron chi connectivity index (χ0n) is 16.4. The number of hydrogen-bond acceptors (Lipinski definition) is 5. The Balaban J connectivity index is 1.57. The van der Waals surface area contributed by atoms with Crippen LogP contribution in [0.1, 0.15) is 30.3 Å².